The van der Waals surface area contributed by atoms with Crippen LogP contribution in [-0.2, 0) is 49.4 Å². The Labute approximate surface area is 376 Å². The highest BCUT2D eigenvalue weighted by atomic mass is 31.1. The lowest BCUT2D eigenvalue weighted by atomic mass is 9.51. The van der Waals surface area contributed by atoms with Gasteiger partial charge in [-0.1, -0.05) is 136 Å². The van der Waals surface area contributed by atoms with E-state index in [0.717, 1.165) is 101 Å². The van der Waals surface area contributed by atoms with E-state index in [1.54, 1.807) is 11.1 Å². The number of rotatable bonds is 6. The highest BCUT2D eigenvalue weighted by molar-refractivity contribution is 7.80. The second kappa shape index (κ2) is 14.7. The van der Waals surface area contributed by atoms with Crippen molar-refractivity contribution in [3.8, 4) is 23.0 Å². The molecule has 0 radical (unpaired) electrons. The van der Waals surface area contributed by atoms with Gasteiger partial charge >= 0.3 is 0 Å². The Morgan fingerprint density at radius 2 is 0.730 bits per heavy atom. The maximum absolute atomic E-state index is 6.60. The van der Waals surface area contributed by atoms with E-state index in [4.69, 9.17) is 18.9 Å². The van der Waals surface area contributed by atoms with Crippen LogP contribution in [0.5, 0.6) is 23.0 Å². The second-order valence-electron chi connectivity index (χ2n) is 20.7. The van der Waals surface area contributed by atoms with E-state index in [0.29, 0.717) is 0 Å². The summed E-state index contributed by atoms with van der Waals surface area (Å²) in [5.74, 6) is 4.42. The lowest BCUT2D eigenvalue weighted by Gasteiger charge is -2.54. The number of aryl methyl sites for hydroxylation is 2. The number of ether oxygens (including phenoxy) is 4. The van der Waals surface area contributed by atoms with Gasteiger partial charge in [0.25, 0.3) is 0 Å². The topological polar surface area (TPSA) is 36.9 Å². The maximum Gasteiger partial charge on any atom is 0.130 e. The first-order valence-corrected chi connectivity index (χ1v) is 26.0. The lowest BCUT2D eigenvalue weighted by molar-refractivity contribution is 0.119. The van der Waals surface area contributed by atoms with E-state index in [9.17, 15) is 0 Å². The third-order valence-corrected chi connectivity index (χ3v) is 20.3. The Morgan fingerprint density at radius 3 is 1.05 bits per heavy atom. The van der Waals surface area contributed by atoms with Gasteiger partial charge in [0.05, 0.1) is 26.4 Å². The molecule has 4 heterocycles. The summed E-state index contributed by atoms with van der Waals surface area (Å²) in [4.78, 5) is 0. The van der Waals surface area contributed by atoms with Crippen molar-refractivity contribution < 1.29 is 18.9 Å². The van der Waals surface area contributed by atoms with Gasteiger partial charge in [-0.05, 0) is 127 Å². The fourth-order valence-corrected chi connectivity index (χ4v) is 18.8. The Balaban J connectivity index is 1.07. The first kappa shape index (κ1) is 39.9. The molecule has 0 bridgehead atoms. The number of hydrogen-bond acceptors (Lipinski definition) is 4. The van der Waals surface area contributed by atoms with E-state index >= 15 is 0 Å². The molecule has 0 fully saturated rings. The quantitative estimate of drug-likeness (QED) is 0.156. The molecule has 6 heteroatoms. The minimum Gasteiger partial charge on any atom is -0.492 e. The molecule has 0 saturated heterocycles. The van der Waals surface area contributed by atoms with Gasteiger partial charge in [0, 0.05) is 46.9 Å². The van der Waals surface area contributed by atoms with Crippen LogP contribution in [0.15, 0.2) is 97.1 Å². The zero-order valence-electron chi connectivity index (χ0n) is 37.8. The fourth-order valence-electron chi connectivity index (χ4n) is 13.0. The average molecular weight is 869 g/mol. The number of fused-ring (bicyclic) bond motifs is 6. The molecule has 1 spiro atoms. The maximum atomic E-state index is 6.60. The Kier molecular flexibility index (Phi) is 9.32. The van der Waals surface area contributed by atoms with E-state index < -0.39 is 15.8 Å². The number of hydrogen-bond donors (Lipinski definition) is 0. The van der Waals surface area contributed by atoms with Gasteiger partial charge < -0.3 is 18.9 Å². The lowest BCUT2D eigenvalue weighted by Crippen LogP contribution is -2.49. The smallest absolute Gasteiger partial charge is 0.130 e. The van der Waals surface area contributed by atoms with Crippen LogP contribution in [0.1, 0.15) is 96.2 Å². The summed E-state index contributed by atoms with van der Waals surface area (Å²) in [7, 11) is -2.00. The fraction of sp³-hybridized carbons (Fsp3) is 0.368. The molecule has 12 rings (SSSR count). The van der Waals surface area contributed by atoms with Gasteiger partial charge in [-0.25, -0.2) is 0 Å². The Hall–Kier alpha value is -4.62. The van der Waals surface area contributed by atoms with Crippen LogP contribution in [0, 0.1) is 19.3 Å². The predicted molar refractivity (Wildman–Crippen MR) is 262 cm³/mol. The van der Waals surface area contributed by atoms with Gasteiger partial charge in [0.1, 0.15) is 23.0 Å². The van der Waals surface area contributed by atoms with Crippen LogP contribution in [0.4, 0.5) is 0 Å². The van der Waals surface area contributed by atoms with Gasteiger partial charge in [-0.15, -0.1) is 0 Å². The molecule has 0 N–H and O–H groups in total. The molecule has 320 valence electrons. The molecule has 0 aromatic heterocycles. The predicted octanol–water partition coefficient (Wildman–Crippen LogP) is 9.69. The van der Waals surface area contributed by atoms with Crippen LogP contribution in [0.25, 0.3) is 0 Å². The largest absolute Gasteiger partial charge is 0.492 e. The Morgan fingerprint density at radius 1 is 0.413 bits per heavy atom. The summed E-state index contributed by atoms with van der Waals surface area (Å²) in [6, 6.07) is 37.9. The van der Waals surface area contributed by atoms with E-state index in [-0.39, 0.29) is 16.2 Å². The summed E-state index contributed by atoms with van der Waals surface area (Å²) < 4.78 is 26.4. The van der Waals surface area contributed by atoms with E-state index in [1.165, 1.54) is 76.3 Å². The first-order chi connectivity index (χ1) is 30.5. The SMILES string of the molecule is Cc1cc(P(c2cccc3c2OCC3)c2cccc3c2OCC3)c2c(c1)C(C)(C)CC1(C2)Cc2c(P(c3cccc4c3OCC4)c3cccc4c3OCC4)cc(C)cc2C(C)(C)C1. The molecule has 0 saturated carbocycles. The van der Waals surface area contributed by atoms with Crippen LogP contribution in [0.2, 0.25) is 0 Å². The molecule has 4 aliphatic heterocycles. The molecule has 4 nitrogen and oxygen atoms in total. The van der Waals surface area contributed by atoms with Crippen molar-refractivity contribution in [2.45, 2.75) is 104 Å². The van der Waals surface area contributed by atoms with Gasteiger partial charge in [-0.2, -0.15) is 0 Å². The normalized spacial score (nSPS) is 19.0. The standard InChI is InChI=1S/C57H58O4P2/c1-35-27-43-41(49(29-35)62(45-15-7-11-37-19-23-58-51(37)45)46-16-8-12-38-20-24-59-52(38)46)31-57(33-55(43,3)4)32-42-44(56(5,6)34-57)28-36(2)30-50(42)63(47-17-9-13-39-21-25-60-53(39)47)48-18-10-14-40-22-26-61-54(40)48/h7-18,27-30H,19-26,31-34H2,1-6H3. The molecule has 0 atom stereocenters. The number of para-hydroxylation sites is 4. The summed E-state index contributed by atoms with van der Waals surface area (Å²) in [6.45, 7) is 17.8. The van der Waals surface area contributed by atoms with Crippen molar-refractivity contribution in [3.05, 3.63) is 153 Å². The Bertz CT molecular complexity index is 2560. The van der Waals surface area contributed by atoms with Gasteiger partial charge in [-0.3, -0.25) is 0 Å². The van der Waals surface area contributed by atoms with Crippen LogP contribution in [-0.4, -0.2) is 26.4 Å². The van der Waals surface area contributed by atoms with E-state index in [1.807, 2.05) is 0 Å². The van der Waals surface area contributed by atoms with Crippen LogP contribution in [0.3, 0.4) is 0 Å². The summed E-state index contributed by atoms with van der Waals surface area (Å²) in [5.41, 5.74) is 14.2. The highest BCUT2D eigenvalue weighted by Crippen LogP contribution is 2.59. The van der Waals surface area contributed by atoms with Crippen molar-refractivity contribution in [2.24, 2.45) is 5.41 Å². The van der Waals surface area contributed by atoms with Crippen molar-refractivity contribution in [2.75, 3.05) is 26.4 Å². The molecule has 0 amide bonds. The molecule has 2 aliphatic carbocycles. The molecular weight excluding hydrogens is 811 g/mol. The van der Waals surface area contributed by atoms with Crippen molar-refractivity contribution in [3.63, 3.8) is 0 Å². The molecule has 0 unspecified atom stereocenters. The number of benzene rings is 6. The third-order valence-electron chi connectivity index (χ3n) is 15.2. The minimum atomic E-state index is -1.000. The van der Waals surface area contributed by atoms with Crippen molar-refractivity contribution in [1.82, 2.24) is 0 Å². The van der Waals surface area contributed by atoms with Crippen molar-refractivity contribution in [1.29, 1.82) is 0 Å². The molecular formula is C57H58O4P2. The molecule has 6 aromatic carbocycles. The van der Waals surface area contributed by atoms with Crippen LogP contribution >= 0.6 is 15.8 Å². The summed E-state index contributed by atoms with van der Waals surface area (Å²) in [6.07, 6.45) is 8.24. The van der Waals surface area contributed by atoms with Crippen LogP contribution < -0.4 is 50.8 Å². The third kappa shape index (κ3) is 6.43. The zero-order chi connectivity index (χ0) is 42.8. The highest BCUT2D eigenvalue weighted by Gasteiger charge is 2.51. The molecule has 6 aromatic rings. The molecule has 6 aliphatic rings. The minimum absolute atomic E-state index is 0.0367. The monoisotopic (exact) mass is 868 g/mol. The zero-order valence-corrected chi connectivity index (χ0v) is 39.5. The van der Waals surface area contributed by atoms with Crippen molar-refractivity contribution >= 4 is 47.7 Å². The first-order valence-electron chi connectivity index (χ1n) is 23.3. The molecule has 63 heavy (non-hydrogen) atoms. The second-order valence-corrected chi connectivity index (χ2v) is 25.0. The summed E-state index contributed by atoms with van der Waals surface area (Å²) >= 11 is 0. The average Bonchev–Trinajstić information content (AvgIpc) is 4.09. The summed E-state index contributed by atoms with van der Waals surface area (Å²) in [5, 5.41) is 8.32. The van der Waals surface area contributed by atoms with Gasteiger partial charge in [0.15, 0.2) is 0 Å². The van der Waals surface area contributed by atoms with Gasteiger partial charge in [0.2, 0.25) is 0 Å². The van der Waals surface area contributed by atoms with E-state index in [2.05, 4.69) is 139 Å².